The molecular formula is C20H21NO5. The second-order valence-corrected chi connectivity index (χ2v) is 6.67. The molecule has 0 radical (unpaired) electrons. The molecule has 0 bridgehead atoms. The molecule has 4 rings (SSSR count). The van der Waals surface area contributed by atoms with E-state index in [9.17, 15) is 4.79 Å². The third-order valence-electron chi connectivity index (χ3n) is 4.54. The number of carbonyl (C=O) groups is 1. The van der Waals surface area contributed by atoms with Gasteiger partial charge in [-0.1, -0.05) is 6.07 Å². The van der Waals surface area contributed by atoms with Crippen molar-refractivity contribution >= 4 is 11.6 Å². The Balaban J connectivity index is 1.75. The van der Waals surface area contributed by atoms with E-state index in [4.69, 9.17) is 18.9 Å². The Morgan fingerprint density at radius 2 is 1.88 bits per heavy atom. The number of hydrogen-bond acceptors (Lipinski definition) is 5. The third kappa shape index (κ3) is 2.92. The highest BCUT2D eigenvalue weighted by atomic mass is 16.7. The molecule has 2 heterocycles. The Labute approximate surface area is 152 Å². The number of fused-ring (bicyclic) bond motifs is 2. The smallest absolute Gasteiger partial charge is 0.231 e. The highest BCUT2D eigenvalue weighted by Crippen LogP contribution is 2.45. The summed E-state index contributed by atoms with van der Waals surface area (Å²) < 4.78 is 22.2. The monoisotopic (exact) mass is 355 g/mol. The fraction of sp³-hybridized carbons (Fsp3) is 0.350. The molecule has 0 saturated carbocycles. The predicted molar refractivity (Wildman–Crippen MR) is 96.4 cm³/mol. The normalized spacial score (nSPS) is 17.7. The SMILES string of the molecule is COc1cc([C@H]2CC(=O)Nc3cc4c(cc32)OCO4)ccc1OC(C)C. The van der Waals surface area contributed by atoms with Gasteiger partial charge in [0.15, 0.2) is 23.0 Å². The minimum atomic E-state index is -0.0877. The molecule has 136 valence electrons. The minimum Gasteiger partial charge on any atom is -0.493 e. The van der Waals surface area contributed by atoms with Crippen LogP contribution in [0.25, 0.3) is 0 Å². The van der Waals surface area contributed by atoms with Crippen LogP contribution in [0.15, 0.2) is 30.3 Å². The molecule has 0 unspecified atom stereocenters. The molecule has 2 aliphatic rings. The molecule has 1 amide bonds. The summed E-state index contributed by atoms with van der Waals surface area (Å²) in [5.74, 6) is 2.60. The Bertz CT molecular complexity index is 862. The molecule has 0 spiro atoms. The Kier molecular flexibility index (Phi) is 4.11. The number of anilines is 1. The van der Waals surface area contributed by atoms with Gasteiger partial charge in [-0.25, -0.2) is 0 Å². The van der Waals surface area contributed by atoms with Crippen LogP contribution in [0, 0.1) is 0 Å². The maximum absolute atomic E-state index is 12.2. The van der Waals surface area contributed by atoms with Gasteiger partial charge >= 0.3 is 0 Å². The number of methoxy groups -OCH3 is 1. The molecule has 6 nitrogen and oxygen atoms in total. The highest BCUT2D eigenvalue weighted by Gasteiger charge is 2.30. The van der Waals surface area contributed by atoms with Gasteiger partial charge in [-0.15, -0.1) is 0 Å². The number of hydrogen-bond donors (Lipinski definition) is 1. The zero-order valence-corrected chi connectivity index (χ0v) is 15.0. The molecule has 0 aliphatic carbocycles. The van der Waals surface area contributed by atoms with Crippen molar-refractivity contribution in [3.05, 3.63) is 41.5 Å². The molecule has 1 N–H and O–H groups in total. The summed E-state index contributed by atoms with van der Waals surface area (Å²) in [6, 6.07) is 9.60. The maximum atomic E-state index is 12.2. The average Bonchev–Trinajstić information content (AvgIpc) is 3.06. The van der Waals surface area contributed by atoms with Crippen LogP contribution in [0.2, 0.25) is 0 Å². The summed E-state index contributed by atoms with van der Waals surface area (Å²) in [7, 11) is 1.62. The average molecular weight is 355 g/mol. The fourth-order valence-corrected chi connectivity index (χ4v) is 3.40. The van der Waals surface area contributed by atoms with Gasteiger partial charge in [0.25, 0.3) is 0 Å². The van der Waals surface area contributed by atoms with Crippen molar-refractivity contribution in [3.8, 4) is 23.0 Å². The van der Waals surface area contributed by atoms with Crippen molar-refractivity contribution in [3.63, 3.8) is 0 Å². The third-order valence-corrected chi connectivity index (χ3v) is 4.54. The van der Waals surface area contributed by atoms with Crippen LogP contribution in [0.5, 0.6) is 23.0 Å². The van der Waals surface area contributed by atoms with Crippen LogP contribution in [-0.2, 0) is 4.79 Å². The van der Waals surface area contributed by atoms with Gasteiger partial charge in [0.05, 0.1) is 13.2 Å². The minimum absolute atomic E-state index is 0.0251. The first-order valence-electron chi connectivity index (χ1n) is 8.63. The largest absolute Gasteiger partial charge is 0.493 e. The lowest BCUT2D eigenvalue weighted by atomic mass is 9.84. The van der Waals surface area contributed by atoms with Gasteiger partial charge < -0.3 is 24.3 Å². The molecule has 2 aromatic rings. The van der Waals surface area contributed by atoms with Crippen LogP contribution in [-0.4, -0.2) is 25.9 Å². The Morgan fingerprint density at radius 3 is 2.62 bits per heavy atom. The molecular weight excluding hydrogens is 334 g/mol. The van der Waals surface area contributed by atoms with Gasteiger partial charge in [-0.05, 0) is 43.2 Å². The van der Waals surface area contributed by atoms with Crippen molar-refractivity contribution in [1.29, 1.82) is 0 Å². The number of benzene rings is 2. The van der Waals surface area contributed by atoms with Crippen LogP contribution >= 0.6 is 0 Å². The van der Waals surface area contributed by atoms with E-state index in [-0.39, 0.29) is 24.7 Å². The Hall–Kier alpha value is -2.89. The zero-order chi connectivity index (χ0) is 18.3. The summed E-state index contributed by atoms with van der Waals surface area (Å²) in [6.45, 7) is 4.14. The molecule has 6 heteroatoms. The summed E-state index contributed by atoms with van der Waals surface area (Å²) in [5.41, 5.74) is 2.76. The quantitative estimate of drug-likeness (QED) is 0.906. The van der Waals surface area contributed by atoms with E-state index >= 15 is 0 Å². The number of carbonyl (C=O) groups excluding carboxylic acids is 1. The van der Waals surface area contributed by atoms with E-state index in [0.717, 1.165) is 16.8 Å². The molecule has 26 heavy (non-hydrogen) atoms. The first-order valence-corrected chi connectivity index (χ1v) is 8.63. The predicted octanol–water partition coefficient (Wildman–Crippen LogP) is 3.69. The lowest BCUT2D eigenvalue weighted by Gasteiger charge is -2.27. The first kappa shape index (κ1) is 16.6. The van der Waals surface area contributed by atoms with Crippen molar-refractivity contribution in [2.45, 2.75) is 32.3 Å². The standard InChI is InChI=1S/C20H21NO5/c1-11(2)26-16-5-4-12(6-17(16)23-3)13-8-20(22)21-15-9-19-18(7-14(13)15)24-10-25-19/h4-7,9,11,13H,8,10H2,1-3H3,(H,21,22)/t13-/m1/s1. The van der Waals surface area contributed by atoms with E-state index in [1.54, 1.807) is 7.11 Å². The van der Waals surface area contributed by atoms with Crippen LogP contribution in [0.1, 0.15) is 37.3 Å². The van der Waals surface area contributed by atoms with Crippen molar-refractivity contribution in [2.75, 3.05) is 19.2 Å². The molecule has 0 fully saturated rings. The number of rotatable bonds is 4. The summed E-state index contributed by atoms with van der Waals surface area (Å²) in [5, 5.41) is 2.92. The second-order valence-electron chi connectivity index (χ2n) is 6.67. The van der Waals surface area contributed by atoms with Gasteiger partial charge in [0.2, 0.25) is 12.7 Å². The van der Waals surface area contributed by atoms with E-state index in [1.807, 2.05) is 44.2 Å². The van der Waals surface area contributed by atoms with Crippen LogP contribution in [0.4, 0.5) is 5.69 Å². The van der Waals surface area contributed by atoms with Crippen molar-refractivity contribution in [2.24, 2.45) is 0 Å². The lowest BCUT2D eigenvalue weighted by Crippen LogP contribution is -2.23. The first-order chi connectivity index (χ1) is 12.5. The summed E-state index contributed by atoms with van der Waals surface area (Å²) >= 11 is 0. The molecule has 0 saturated heterocycles. The van der Waals surface area contributed by atoms with Gasteiger partial charge in [-0.2, -0.15) is 0 Å². The Morgan fingerprint density at radius 1 is 1.12 bits per heavy atom. The second kappa shape index (κ2) is 6.44. The maximum Gasteiger partial charge on any atom is 0.231 e. The van der Waals surface area contributed by atoms with Gasteiger partial charge in [0, 0.05) is 24.1 Å². The molecule has 2 aromatic carbocycles. The zero-order valence-electron chi connectivity index (χ0n) is 15.0. The van der Waals surface area contributed by atoms with Gasteiger partial charge in [-0.3, -0.25) is 4.79 Å². The highest BCUT2D eigenvalue weighted by molar-refractivity contribution is 5.96. The molecule has 2 aliphatic heterocycles. The molecule has 0 aromatic heterocycles. The van der Waals surface area contributed by atoms with Crippen LogP contribution in [0.3, 0.4) is 0 Å². The van der Waals surface area contributed by atoms with Crippen molar-refractivity contribution < 1.29 is 23.7 Å². The van der Waals surface area contributed by atoms with E-state index in [2.05, 4.69) is 5.32 Å². The topological polar surface area (TPSA) is 66.0 Å². The summed E-state index contributed by atoms with van der Waals surface area (Å²) in [6.07, 6.45) is 0.413. The van der Waals surface area contributed by atoms with E-state index < -0.39 is 0 Å². The van der Waals surface area contributed by atoms with Crippen molar-refractivity contribution in [1.82, 2.24) is 0 Å². The number of nitrogens with one attached hydrogen (secondary N) is 1. The van der Waals surface area contributed by atoms with Gasteiger partial charge in [0.1, 0.15) is 0 Å². The van der Waals surface area contributed by atoms with Crippen LogP contribution < -0.4 is 24.3 Å². The van der Waals surface area contributed by atoms with E-state index in [0.29, 0.717) is 29.4 Å². The summed E-state index contributed by atoms with van der Waals surface area (Å²) in [4.78, 5) is 12.2. The molecule has 1 atom stereocenters. The number of ether oxygens (including phenoxy) is 4. The fourth-order valence-electron chi connectivity index (χ4n) is 3.40. The lowest BCUT2D eigenvalue weighted by molar-refractivity contribution is -0.116. The van der Waals surface area contributed by atoms with E-state index in [1.165, 1.54) is 0 Å². The number of amides is 1.